The molecule has 0 fully saturated rings. The Labute approximate surface area is 206 Å². The number of carbonyl (C=O) groups is 2. The van der Waals surface area contributed by atoms with Gasteiger partial charge in [-0.2, -0.15) is 0 Å². The lowest BCUT2D eigenvalue weighted by Gasteiger charge is -2.10. The first-order valence-corrected chi connectivity index (χ1v) is 11.6. The average Bonchev–Trinajstić information content (AvgIpc) is 3.32. The Morgan fingerprint density at radius 2 is 1.53 bits per heavy atom. The van der Waals surface area contributed by atoms with Crippen LogP contribution in [0.5, 0.6) is 5.75 Å². The fraction of sp³-hybridized carbons (Fsp3) is 0.138. The van der Waals surface area contributed by atoms with Crippen LogP contribution >= 0.6 is 0 Å². The normalized spacial score (nSPS) is 11.2. The van der Waals surface area contributed by atoms with Crippen molar-refractivity contribution in [3.05, 3.63) is 84.9 Å². The highest BCUT2D eigenvalue weighted by atomic mass is 16.5. The van der Waals surface area contributed by atoms with Crippen LogP contribution in [0.25, 0.3) is 44.5 Å². The lowest BCUT2D eigenvalue weighted by molar-refractivity contribution is -0.154. The van der Waals surface area contributed by atoms with Gasteiger partial charge in [0, 0.05) is 5.56 Å². The van der Waals surface area contributed by atoms with E-state index >= 15 is 0 Å². The van der Waals surface area contributed by atoms with Gasteiger partial charge < -0.3 is 19.4 Å². The monoisotopic (exact) mass is 481 g/mol. The number of hydrogen-bond acceptors (Lipinski definition) is 5. The molecular weight excluding hydrogens is 458 g/mol. The molecule has 1 aromatic heterocycles. The zero-order chi connectivity index (χ0) is 25.1. The number of hydrogen-bond donors (Lipinski definition) is 2. The summed E-state index contributed by atoms with van der Waals surface area (Å²) < 4.78 is 11.7. The van der Waals surface area contributed by atoms with E-state index in [1.165, 1.54) is 0 Å². The highest BCUT2D eigenvalue weighted by Crippen LogP contribution is 2.31. The van der Waals surface area contributed by atoms with Crippen LogP contribution < -0.4 is 4.74 Å². The maximum atomic E-state index is 11.0. The van der Waals surface area contributed by atoms with E-state index in [1.807, 2.05) is 72.8 Å². The fourth-order valence-electron chi connectivity index (χ4n) is 4.14. The molecule has 36 heavy (non-hydrogen) atoms. The van der Waals surface area contributed by atoms with Crippen LogP contribution in [0.1, 0.15) is 12.8 Å². The molecule has 1 heterocycles. The molecule has 7 nitrogen and oxygen atoms in total. The molecule has 0 saturated heterocycles. The molecule has 0 aliphatic carbocycles. The van der Waals surface area contributed by atoms with Gasteiger partial charge in [-0.25, -0.2) is 4.98 Å². The van der Waals surface area contributed by atoms with Crippen molar-refractivity contribution >= 4 is 33.8 Å². The first-order valence-electron chi connectivity index (χ1n) is 11.6. The van der Waals surface area contributed by atoms with E-state index in [1.54, 1.807) is 0 Å². The van der Waals surface area contributed by atoms with E-state index in [2.05, 4.69) is 12.1 Å². The van der Waals surface area contributed by atoms with E-state index in [4.69, 9.17) is 24.4 Å². The minimum absolute atomic E-state index is 0.0128. The molecule has 2 N–H and O–H groups in total. The lowest BCUT2D eigenvalue weighted by atomic mass is 10.0. The number of fused-ring (bicyclic) bond motifs is 2. The Kier molecular flexibility index (Phi) is 6.36. The standard InChI is InChI=1S/C29H23NO6/c31-28(32)24(29(33)34)7-4-14-35-23-12-10-19-15-22(9-8-20(19)16-23)27-30-25-17-21(11-13-26(25)36-27)18-5-2-1-3-6-18/h1-3,5-6,8-13,15-17,24H,4,7,14H2,(H,31,32)(H,33,34). The van der Waals surface area contributed by atoms with Crippen LogP contribution in [-0.2, 0) is 9.59 Å². The van der Waals surface area contributed by atoms with Crippen molar-refractivity contribution in [3.63, 3.8) is 0 Å². The van der Waals surface area contributed by atoms with Gasteiger partial charge in [-0.15, -0.1) is 0 Å². The summed E-state index contributed by atoms with van der Waals surface area (Å²) in [4.78, 5) is 26.7. The van der Waals surface area contributed by atoms with E-state index in [0.717, 1.165) is 38.6 Å². The highest BCUT2D eigenvalue weighted by molar-refractivity contribution is 5.92. The second-order valence-corrected chi connectivity index (χ2v) is 8.51. The third kappa shape index (κ3) is 4.90. The Balaban J connectivity index is 1.30. The molecule has 0 aliphatic rings. The Bertz CT molecular complexity index is 1540. The van der Waals surface area contributed by atoms with Gasteiger partial charge in [0.1, 0.15) is 11.3 Å². The molecule has 0 spiro atoms. The van der Waals surface area contributed by atoms with E-state index in [0.29, 0.717) is 18.1 Å². The van der Waals surface area contributed by atoms with Gasteiger partial charge in [-0.3, -0.25) is 9.59 Å². The van der Waals surface area contributed by atoms with Crippen molar-refractivity contribution in [3.8, 4) is 28.3 Å². The minimum Gasteiger partial charge on any atom is -0.494 e. The molecule has 0 saturated carbocycles. The summed E-state index contributed by atoms with van der Waals surface area (Å²) in [6, 6.07) is 27.7. The summed E-state index contributed by atoms with van der Waals surface area (Å²) in [7, 11) is 0. The number of oxazole rings is 1. The average molecular weight is 482 g/mol. The van der Waals surface area contributed by atoms with Crippen molar-refractivity contribution in [1.82, 2.24) is 4.98 Å². The van der Waals surface area contributed by atoms with E-state index in [-0.39, 0.29) is 13.0 Å². The Morgan fingerprint density at radius 3 is 2.31 bits per heavy atom. The predicted octanol–water partition coefficient (Wildman–Crippen LogP) is 6.26. The molecule has 0 atom stereocenters. The molecule has 7 heteroatoms. The van der Waals surface area contributed by atoms with Crippen LogP contribution in [0.2, 0.25) is 0 Å². The molecule has 0 aliphatic heterocycles. The quantitative estimate of drug-likeness (QED) is 0.189. The van der Waals surface area contributed by atoms with Crippen LogP contribution in [-0.4, -0.2) is 33.7 Å². The number of benzene rings is 4. The number of ether oxygens (including phenoxy) is 1. The lowest BCUT2D eigenvalue weighted by Crippen LogP contribution is -2.23. The molecular formula is C29H23NO6. The molecule has 180 valence electrons. The smallest absolute Gasteiger partial charge is 0.317 e. The molecule has 0 amide bonds. The second-order valence-electron chi connectivity index (χ2n) is 8.51. The van der Waals surface area contributed by atoms with Crippen LogP contribution in [0, 0.1) is 5.92 Å². The number of aromatic nitrogens is 1. The van der Waals surface area contributed by atoms with Gasteiger partial charge in [-0.1, -0.05) is 48.5 Å². The molecule has 0 unspecified atom stereocenters. The number of aliphatic carboxylic acids is 2. The van der Waals surface area contributed by atoms with Gasteiger partial charge in [0.05, 0.1) is 6.61 Å². The zero-order valence-electron chi connectivity index (χ0n) is 19.3. The van der Waals surface area contributed by atoms with Crippen LogP contribution in [0.4, 0.5) is 0 Å². The summed E-state index contributed by atoms with van der Waals surface area (Å²) >= 11 is 0. The SMILES string of the molecule is O=C(O)C(CCCOc1ccc2cc(-c3nc4cc(-c5ccccc5)ccc4o3)ccc2c1)C(=O)O. The van der Waals surface area contributed by atoms with Gasteiger partial charge in [0.15, 0.2) is 11.5 Å². The maximum Gasteiger partial charge on any atom is 0.317 e. The van der Waals surface area contributed by atoms with E-state index < -0.39 is 17.9 Å². The molecule has 0 radical (unpaired) electrons. The first kappa shape index (κ1) is 23.1. The number of nitrogens with zero attached hydrogens (tertiary/aromatic N) is 1. The summed E-state index contributed by atoms with van der Waals surface area (Å²) in [5.41, 5.74) is 4.58. The van der Waals surface area contributed by atoms with Gasteiger partial charge >= 0.3 is 11.9 Å². The van der Waals surface area contributed by atoms with Crippen LogP contribution in [0.15, 0.2) is 89.3 Å². The van der Waals surface area contributed by atoms with Crippen molar-refractivity contribution < 1.29 is 29.0 Å². The molecule has 4 aromatic carbocycles. The van der Waals surface area contributed by atoms with Gasteiger partial charge in [0.25, 0.3) is 0 Å². The predicted molar refractivity (Wildman–Crippen MR) is 136 cm³/mol. The number of carboxylic acid groups (broad SMARTS) is 2. The van der Waals surface area contributed by atoms with Crippen molar-refractivity contribution in [2.24, 2.45) is 5.92 Å². The highest BCUT2D eigenvalue weighted by Gasteiger charge is 2.24. The largest absolute Gasteiger partial charge is 0.494 e. The zero-order valence-corrected chi connectivity index (χ0v) is 19.3. The number of carboxylic acids is 2. The van der Waals surface area contributed by atoms with Crippen molar-refractivity contribution in [2.75, 3.05) is 6.61 Å². The Morgan fingerprint density at radius 1 is 0.806 bits per heavy atom. The summed E-state index contributed by atoms with van der Waals surface area (Å²) in [6.07, 6.45) is 0.336. The fourth-order valence-corrected chi connectivity index (χ4v) is 4.14. The molecule has 5 aromatic rings. The van der Waals surface area contributed by atoms with E-state index in [9.17, 15) is 9.59 Å². The third-order valence-corrected chi connectivity index (χ3v) is 6.06. The topological polar surface area (TPSA) is 110 Å². The first-order chi connectivity index (χ1) is 17.5. The molecule has 0 bridgehead atoms. The van der Waals surface area contributed by atoms with Gasteiger partial charge in [-0.05, 0) is 71.1 Å². The number of rotatable bonds is 9. The van der Waals surface area contributed by atoms with Gasteiger partial charge in [0.2, 0.25) is 5.89 Å². The summed E-state index contributed by atoms with van der Waals surface area (Å²) in [5.74, 6) is -2.91. The second kappa shape index (κ2) is 9.92. The maximum absolute atomic E-state index is 11.0. The summed E-state index contributed by atoms with van der Waals surface area (Å²) in [6.45, 7) is 0.231. The van der Waals surface area contributed by atoms with Crippen molar-refractivity contribution in [2.45, 2.75) is 12.8 Å². The Hall–Kier alpha value is -4.65. The van der Waals surface area contributed by atoms with Crippen LogP contribution in [0.3, 0.4) is 0 Å². The summed E-state index contributed by atoms with van der Waals surface area (Å²) in [5, 5.41) is 19.9. The third-order valence-electron chi connectivity index (χ3n) is 6.06. The van der Waals surface area contributed by atoms with Crippen molar-refractivity contribution in [1.29, 1.82) is 0 Å². The minimum atomic E-state index is -1.42. The molecule has 5 rings (SSSR count).